The summed E-state index contributed by atoms with van der Waals surface area (Å²) in [5.74, 6) is -1.11. The van der Waals surface area contributed by atoms with Gasteiger partial charge in [-0.2, -0.15) is 0 Å². The monoisotopic (exact) mass is 468 g/mol. The molecule has 0 spiro atoms. The van der Waals surface area contributed by atoms with E-state index >= 15 is 0 Å². The molecule has 5 nitrogen and oxygen atoms in total. The van der Waals surface area contributed by atoms with Crippen LogP contribution in [0.1, 0.15) is 41.5 Å². The van der Waals surface area contributed by atoms with Gasteiger partial charge in [0.1, 0.15) is 6.10 Å². The molecule has 1 aliphatic rings. The van der Waals surface area contributed by atoms with Gasteiger partial charge in [0, 0.05) is 6.08 Å². The molecule has 2 atom stereocenters. The van der Waals surface area contributed by atoms with Crippen LogP contribution in [0.5, 0.6) is 0 Å². The molecule has 2 aromatic carbocycles. The highest BCUT2D eigenvalue weighted by Gasteiger charge is 2.53. The molecule has 2 aromatic rings. The van der Waals surface area contributed by atoms with Gasteiger partial charge in [0.25, 0.3) is 8.32 Å². The lowest BCUT2D eigenvalue weighted by Crippen LogP contribution is -2.68. The Hall–Kier alpha value is -2.25. The first-order valence-electron chi connectivity index (χ1n) is 11.5. The first-order chi connectivity index (χ1) is 15.6. The molecule has 178 valence electrons. The zero-order chi connectivity index (χ0) is 24.1. The highest BCUT2D eigenvalue weighted by Crippen LogP contribution is 2.39. The van der Waals surface area contributed by atoms with Gasteiger partial charge in [0.05, 0.1) is 19.3 Å². The Labute approximate surface area is 198 Å². The zero-order valence-corrected chi connectivity index (χ0v) is 21.5. The summed E-state index contributed by atoms with van der Waals surface area (Å²) in [5.41, 5.74) is 0. The van der Waals surface area contributed by atoms with Gasteiger partial charge >= 0.3 is 5.97 Å². The number of rotatable bonds is 8. The van der Waals surface area contributed by atoms with Gasteiger partial charge in [0.15, 0.2) is 5.79 Å². The number of benzene rings is 2. The van der Waals surface area contributed by atoms with Crippen LogP contribution in [0.3, 0.4) is 0 Å². The first-order valence-corrected chi connectivity index (χ1v) is 13.5. The van der Waals surface area contributed by atoms with Crippen LogP contribution in [0.25, 0.3) is 0 Å². The van der Waals surface area contributed by atoms with E-state index in [0.717, 1.165) is 10.4 Å². The zero-order valence-electron chi connectivity index (χ0n) is 20.5. The molecule has 0 unspecified atom stereocenters. The van der Waals surface area contributed by atoms with Crippen LogP contribution in [0.2, 0.25) is 5.04 Å². The smallest absolute Gasteiger partial charge is 0.330 e. The van der Waals surface area contributed by atoms with Crippen molar-refractivity contribution < 1.29 is 23.4 Å². The maximum absolute atomic E-state index is 12.2. The topological polar surface area (TPSA) is 54.0 Å². The van der Waals surface area contributed by atoms with Gasteiger partial charge in [-0.3, -0.25) is 0 Å². The van der Waals surface area contributed by atoms with Gasteiger partial charge in [-0.1, -0.05) is 81.4 Å². The van der Waals surface area contributed by atoms with Crippen molar-refractivity contribution in [3.63, 3.8) is 0 Å². The Morgan fingerprint density at radius 3 is 2.06 bits per heavy atom. The Kier molecular flexibility index (Phi) is 7.95. The number of esters is 1. The number of carbonyl (C=O) groups is 1. The quantitative estimate of drug-likeness (QED) is 0.330. The lowest BCUT2D eigenvalue weighted by molar-refractivity contribution is -0.146. The van der Waals surface area contributed by atoms with Crippen molar-refractivity contribution in [3.8, 4) is 0 Å². The molecule has 6 heteroatoms. The Morgan fingerprint density at radius 2 is 1.64 bits per heavy atom. The molecular formula is C27H36O5Si. The molecule has 1 fully saturated rings. The van der Waals surface area contributed by atoms with Crippen LogP contribution < -0.4 is 10.4 Å². The second kappa shape index (κ2) is 10.3. The summed E-state index contributed by atoms with van der Waals surface area (Å²) in [4.78, 5) is 12.2. The molecular weight excluding hydrogens is 432 g/mol. The molecule has 0 aliphatic carbocycles. The summed E-state index contributed by atoms with van der Waals surface area (Å²) in [6, 6.07) is 20.8. The first kappa shape index (κ1) is 25.4. The van der Waals surface area contributed by atoms with Crippen LogP contribution in [0.15, 0.2) is 72.8 Å². The standard InChI is InChI=1S/C27H36O5Si/c1-7-29-25(28)19-18-23(24-20-30-27(5,6)31-24)32-33(26(2,3)4,21-14-10-8-11-15-21)22-16-12-9-13-17-22/h8-19,23-24H,7,20H2,1-6H3/b19-18-/t23-,24+/m0/s1. The van der Waals surface area contributed by atoms with Crippen molar-refractivity contribution in [2.24, 2.45) is 0 Å². The molecule has 0 aromatic heterocycles. The number of hydrogen-bond acceptors (Lipinski definition) is 5. The normalized spacial score (nSPS) is 19.5. The minimum Gasteiger partial charge on any atom is -0.463 e. The number of ether oxygens (including phenoxy) is 3. The third kappa shape index (κ3) is 5.82. The predicted molar refractivity (Wildman–Crippen MR) is 133 cm³/mol. The minimum atomic E-state index is -2.86. The van der Waals surface area contributed by atoms with E-state index in [1.165, 1.54) is 6.08 Å². The SMILES string of the molecule is CCOC(=O)/C=C\[C@H](O[Si](c1ccccc1)(c1ccccc1)C(C)(C)C)[C@H]1COC(C)(C)O1. The Balaban J connectivity index is 2.13. The summed E-state index contributed by atoms with van der Waals surface area (Å²) < 4.78 is 24.4. The van der Waals surface area contributed by atoms with Crippen LogP contribution in [0, 0.1) is 0 Å². The predicted octanol–water partition coefficient (Wildman–Crippen LogP) is 4.20. The molecule has 0 bridgehead atoms. The molecule has 1 aliphatic heterocycles. The van der Waals surface area contributed by atoms with Crippen molar-refractivity contribution >= 4 is 24.7 Å². The third-order valence-corrected chi connectivity index (χ3v) is 10.9. The lowest BCUT2D eigenvalue weighted by atomic mass is 10.2. The van der Waals surface area contributed by atoms with E-state index < -0.39 is 26.2 Å². The van der Waals surface area contributed by atoms with E-state index in [1.54, 1.807) is 13.0 Å². The van der Waals surface area contributed by atoms with E-state index in [0.29, 0.717) is 13.2 Å². The van der Waals surface area contributed by atoms with E-state index in [-0.39, 0.29) is 11.1 Å². The Bertz CT molecular complexity index is 894. The average Bonchev–Trinajstić information content (AvgIpc) is 3.14. The highest BCUT2D eigenvalue weighted by molar-refractivity contribution is 6.99. The van der Waals surface area contributed by atoms with Gasteiger partial charge in [-0.25, -0.2) is 4.79 Å². The van der Waals surface area contributed by atoms with Gasteiger partial charge < -0.3 is 18.6 Å². The van der Waals surface area contributed by atoms with Crippen LogP contribution in [-0.4, -0.2) is 45.5 Å². The highest BCUT2D eigenvalue weighted by atomic mass is 28.4. The van der Waals surface area contributed by atoms with Gasteiger partial charge in [0.2, 0.25) is 0 Å². The molecule has 33 heavy (non-hydrogen) atoms. The van der Waals surface area contributed by atoms with E-state index in [4.69, 9.17) is 18.6 Å². The molecule has 1 heterocycles. The fourth-order valence-corrected chi connectivity index (χ4v) is 9.03. The second-order valence-electron chi connectivity index (χ2n) is 9.72. The van der Waals surface area contributed by atoms with Crippen LogP contribution in [0.4, 0.5) is 0 Å². The van der Waals surface area contributed by atoms with Gasteiger partial charge in [-0.05, 0) is 42.3 Å². The van der Waals surface area contributed by atoms with E-state index in [1.807, 2.05) is 26.0 Å². The number of carbonyl (C=O) groups excluding carboxylic acids is 1. The van der Waals surface area contributed by atoms with Gasteiger partial charge in [-0.15, -0.1) is 0 Å². The van der Waals surface area contributed by atoms with Crippen molar-refractivity contribution in [3.05, 3.63) is 72.8 Å². The largest absolute Gasteiger partial charge is 0.463 e. The van der Waals surface area contributed by atoms with Crippen molar-refractivity contribution in [1.82, 2.24) is 0 Å². The number of hydrogen-bond donors (Lipinski definition) is 0. The molecule has 0 saturated carbocycles. The Morgan fingerprint density at radius 1 is 1.09 bits per heavy atom. The summed E-state index contributed by atoms with van der Waals surface area (Å²) >= 11 is 0. The maximum atomic E-state index is 12.2. The summed E-state index contributed by atoms with van der Waals surface area (Å²) in [5, 5.41) is 2.12. The summed E-state index contributed by atoms with van der Waals surface area (Å²) in [6.45, 7) is 12.9. The third-order valence-electron chi connectivity index (χ3n) is 5.84. The van der Waals surface area contributed by atoms with E-state index in [9.17, 15) is 4.79 Å². The molecule has 3 rings (SSSR count). The average molecular weight is 469 g/mol. The van der Waals surface area contributed by atoms with E-state index in [2.05, 4.69) is 69.3 Å². The van der Waals surface area contributed by atoms with Crippen molar-refractivity contribution in [2.75, 3.05) is 13.2 Å². The molecule has 0 amide bonds. The summed E-state index contributed by atoms with van der Waals surface area (Å²) in [7, 11) is -2.86. The molecule has 0 N–H and O–H groups in total. The second-order valence-corrected chi connectivity index (χ2v) is 14.0. The summed E-state index contributed by atoms with van der Waals surface area (Å²) in [6.07, 6.45) is 2.36. The fourth-order valence-electron chi connectivity index (χ4n) is 4.38. The minimum absolute atomic E-state index is 0.208. The van der Waals surface area contributed by atoms with Crippen LogP contribution in [-0.2, 0) is 23.4 Å². The van der Waals surface area contributed by atoms with Crippen molar-refractivity contribution in [2.45, 2.75) is 64.6 Å². The fraction of sp³-hybridized carbons (Fsp3) is 0.444. The maximum Gasteiger partial charge on any atom is 0.330 e. The molecule has 1 saturated heterocycles. The van der Waals surface area contributed by atoms with Crippen molar-refractivity contribution in [1.29, 1.82) is 0 Å². The lowest BCUT2D eigenvalue weighted by Gasteiger charge is -2.45. The molecule has 0 radical (unpaired) electrons. The van der Waals surface area contributed by atoms with Crippen LogP contribution >= 0.6 is 0 Å².